The van der Waals surface area contributed by atoms with Crippen molar-refractivity contribution in [3.05, 3.63) is 29.1 Å². The zero-order valence-electron chi connectivity index (χ0n) is 11.5. The smallest absolute Gasteiger partial charge is 0.239 e. The van der Waals surface area contributed by atoms with E-state index in [0.717, 1.165) is 6.42 Å². The number of nitrogens with one attached hydrogen (secondary N) is 2. The summed E-state index contributed by atoms with van der Waals surface area (Å²) in [7, 11) is 0. The van der Waals surface area contributed by atoms with Gasteiger partial charge in [-0.1, -0.05) is 13.3 Å². The predicted octanol–water partition coefficient (Wildman–Crippen LogP) is 3.10. The SMILES string of the molecule is CCCC(C)NC(=O)CNc1c(F)c(F)c(F)c(F)c1F. The number of amides is 1. The highest BCUT2D eigenvalue weighted by atomic mass is 19.2. The minimum Gasteiger partial charge on any atom is -0.371 e. The zero-order valence-corrected chi connectivity index (χ0v) is 11.5. The van der Waals surface area contributed by atoms with E-state index in [1.165, 1.54) is 0 Å². The Labute approximate surface area is 118 Å². The van der Waals surface area contributed by atoms with Crippen LogP contribution in [0.2, 0.25) is 0 Å². The van der Waals surface area contributed by atoms with Crippen LogP contribution >= 0.6 is 0 Å². The van der Waals surface area contributed by atoms with Crippen LogP contribution in [0.15, 0.2) is 0 Å². The highest BCUT2D eigenvalue weighted by Gasteiger charge is 2.25. The predicted molar refractivity (Wildman–Crippen MR) is 67.2 cm³/mol. The second kappa shape index (κ2) is 7.24. The van der Waals surface area contributed by atoms with Gasteiger partial charge in [-0.05, 0) is 13.3 Å². The van der Waals surface area contributed by atoms with Crippen molar-refractivity contribution in [3.63, 3.8) is 0 Å². The Balaban J connectivity index is 2.79. The summed E-state index contributed by atoms with van der Waals surface area (Å²) < 4.78 is 65.3. The highest BCUT2D eigenvalue weighted by molar-refractivity contribution is 5.81. The molecule has 1 unspecified atom stereocenters. The van der Waals surface area contributed by atoms with Crippen molar-refractivity contribution in [2.75, 3.05) is 11.9 Å². The molecule has 21 heavy (non-hydrogen) atoms. The fraction of sp³-hybridized carbons (Fsp3) is 0.462. The molecule has 118 valence electrons. The molecule has 1 aromatic carbocycles. The van der Waals surface area contributed by atoms with Gasteiger partial charge in [-0.15, -0.1) is 0 Å². The Hall–Kier alpha value is -1.86. The van der Waals surface area contributed by atoms with Crippen LogP contribution in [-0.2, 0) is 4.79 Å². The monoisotopic (exact) mass is 310 g/mol. The molecule has 0 heterocycles. The van der Waals surface area contributed by atoms with E-state index in [1.807, 2.05) is 12.2 Å². The number of rotatable bonds is 6. The number of hydrogen-bond acceptors (Lipinski definition) is 2. The van der Waals surface area contributed by atoms with Crippen LogP contribution in [0.3, 0.4) is 0 Å². The third-order valence-corrected chi connectivity index (χ3v) is 2.76. The van der Waals surface area contributed by atoms with Crippen molar-refractivity contribution in [1.29, 1.82) is 0 Å². The largest absolute Gasteiger partial charge is 0.371 e. The highest BCUT2D eigenvalue weighted by Crippen LogP contribution is 2.26. The number of carbonyl (C=O) groups is 1. The van der Waals surface area contributed by atoms with E-state index in [1.54, 1.807) is 6.92 Å². The molecule has 0 aliphatic carbocycles. The molecule has 1 amide bonds. The lowest BCUT2D eigenvalue weighted by molar-refractivity contribution is -0.120. The molecule has 3 nitrogen and oxygen atoms in total. The molecule has 0 saturated carbocycles. The molecule has 0 radical (unpaired) electrons. The van der Waals surface area contributed by atoms with Crippen molar-refractivity contribution in [3.8, 4) is 0 Å². The summed E-state index contributed by atoms with van der Waals surface area (Å²) >= 11 is 0. The standard InChI is InChI=1S/C13H15F5N2O/c1-3-4-6(2)20-7(21)5-19-13-11(17)9(15)8(14)10(16)12(13)18/h6,19H,3-5H2,1-2H3,(H,20,21). The maximum Gasteiger partial charge on any atom is 0.239 e. The third-order valence-electron chi connectivity index (χ3n) is 2.76. The van der Waals surface area contributed by atoms with Gasteiger partial charge in [-0.2, -0.15) is 0 Å². The topological polar surface area (TPSA) is 41.1 Å². The van der Waals surface area contributed by atoms with Gasteiger partial charge in [0.25, 0.3) is 0 Å². The number of hydrogen-bond donors (Lipinski definition) is 2. The van der Waals surface area contributed by atoms with E-state index in [-0.39, 0.29) is 6.04 Å². The Bertz CT molecular complexity index is 507. The summed E-state index contributed by atoms with van der Waals surface area (Å²) in [5, 5.41) is 4.45. The van der Waals surface area contributed by atoms with Crippen molar-refractivity contribution < 1.29 is 26.7 Å². The number of halogens is 5. The minimum atomic E-state index is -2.24. The van der Waals surface area contributed by atoms with E-state index in [4.69, 9.17) is 0 Å². The average Bonchev–Trinajstić information content (AvgIpc) is 2.43. The van der Waals surface area contributed by atoms with E-state index < -0.39 is 47.2 Å². The van der Waals surface area contributed by atoms with E-state index >= 15 is 0 Å². The van der Waals surface area contributed by atoms with Crippen LogP contribution in [-0.4, -0.2) is 18.5 Å². The molecule has 0 bridgehead atoms. The van der Waals surface area contributed by atoms with Gasteiger partial charge in [0.2, 0.25) is 11.7 Å². The summed E-state index contributed by atoms with van der Waals surface area (Å²) in [6.07, 6.45) is 1.53. The summed E-state index contributed by atoms with van der Waals surface area (Å²) in [5.74, 6) is -11.0. The van der Waals surface area contributed by atoms with E-state index in [2.05, 4.69) is 5.32 Å². The molecule has 1 aromatic rings. The first-order valence-electron chi connectivity index (χ1n) is 6.34. The Kier molecular flexibility index (Phi) is 5.92. The quantitative estimate of drug-likeness (QED) is 0.481. The number of benzene rings is 1. The lowest BCUT2D eigenvalue weighted by Gasteiger charge is -2.14. The van der Waals surface area contributed by atoms with E-state index in [0.29, 0.717) is 6.42 Å². The zero-order chi connectivity index (χ0) is 16.2. The fourth-order valence-corrected chi connectivity index (χ4v) is 1.76. The molecule has 0 spiro atoms. The number of anilines is 1. The second-order valence-corrected chi connectivity index (χ2v) is 4.56. The van der Waals surface area contributed by atoms with E-state index in [9.17, 15) is 26.7 Å². The van der Waals surface area contributed by atoms with Gasteiger partial charge in [-0.25, -0.2) is 22.0 Å². The summed E-state index contributed by atoms with van der Waals surface area (Å²) in [5.41, 5.74) is -1.22. The first-order valence-corrected chi connectivity index (χ1v) is 6.34. The van der Waals surface area contributed by atoms with Crippen molar-refractivity contribution in [1.82, 2.24) is 5.32 Å². The van der Waals surface area contributed by atoms with Crippen LogP contribution in [0.1, 0.15) is 26.7 Å². The second-order valence-electron chi connectivity index (χ2n) is 4.56. The maximum absolute atomic E-state index is 13.3. The van der Waals surface area contributed by atoms with Crippen LogP contribution < -0.4 is 10.6 Å². The first-order chi connectivity index (χ1) is 9.79. The lowest BCUT2D eigenvalue weighted by atomic mass is 10.2. The molecular formula is C13H15F5N2O. The molecule has 8 heteroatoms. The van der Waals surface area contributed by atoms with Gasteiger partial charge in [0, 0.05) is 6.04 Å². The van der Waals surface area contributed by atoms with Gasteiger partial charge in [0.1, 0.15) is 5.69 Å². The molecular weight excluding hydrogens is 295 g/mol. The number of carbonyl (C=O) groups excluding carboxylic acids is 1. The summed E-state index contributed by atoms with van der Waals surface area (Å²) in [4.78, 5) is 11.5. The molecule has 1 rings (SSSR count). The van der Waals surface area contributed by atoms with Crippen LogP contribution in [0.25, 0.3) is 0 Å². The molecule has 0 aliphatic heterocycles. The Morgan fingerprint density at radius 3 is 1.95 bits per heavy atom. The lowest BCUT2D eigenvalue weighted by Crippen LogP contribution is -2.36. The van der Waals surface area contributed by atoms with Gasteiger partial charge < -0.3 is 10.6 Å². The summed E-state index contributed by atoms with van der Waals surface area (Å²) in [6.45, 7) is 3.04. The van der Waals surface area contributed by atoms with Crippen LogP contribution in [0.5, 0.6) is 0 Å². The normalized spacial score (nSPS) is 12.1. The molecule has 0 aromatic heterocycles. The average molecular weight is 310 g/mol. The van der Waals surface area contributed by atoms with Gasteiger partial charge >= 0.3 is 0 Å². The minimum absolute atomic E-state index is 0.152. The third kappa shape index (κ3) is 4.05. The van der Waals surface area contributed by atoms with Crippen molar-refractivity contribution in [2.45, 2.75) is 32.7 Å². The molecule has 1 atom stereocenters. The Morgan fingerprint density at radius 1 is 1.00 bits per heavy atom. The molecule has 2 N–H and O–H groups in total. The first kappa shape index (κ1) is 17.2. The van der Waals surface area contributed by atoms with Gasteiger partial charge in [0.15, 0.2) is 23.3 Å². The fourth-order valence-electron chi connectivity index (χ4n) is 1.76. The van der Waals surface area contributed by atoms with Gasteiger partial charge in [-0.3, -0.25) is 4.79 Å². The van der Waals surface area contributed by atoms with Gasteiger partial charge in [0.05, 0.1) is 6.54 Å². The molecule has 0 fully saturated rings. The maximum atomic E-state index is 13.3. The van der Waals surface area contributed by atoms with Crippen molar-refractivity contribution >= 4 is 11.6 Å². The van der Waals surface area contributed by atoms with Crippen LogP contribution in [0.4, 0.5) is 27.6 Å². The summed E-state index contributed by atoms with van der Waals surface area (Å²) in [6, 6.07) is -0.152. The molecule has 0 saturated heterocycles. The van der Waals surface area contributed by atoms with Crippen LogP contribution in [0, 0.1) is 29.1 Å². The Morgan fingerprint density at radius 2 is 1.48 bits per heavy atom. The molecule has 0 aliphatic rings. The van der Waals surface area contributed by atoms with Crippen molar-refractivity contribution in [2.24, 2.45) is 0 Å².